The molecule has 3 aliphatic rings. The van der Waals surface area contributed by atoms with Gasteiger partial charge in [-0.15, -0.1) is 0 Å². The number of nitrogens with zero attached hydrogens (tertiary/aromatic N) is 2. The van der Waals surface area contributed by atoms with E-state index in [1.54, 1.807) is 0 Å². The van der Waals surface area contributed by atoms with Crippen LogP contribution in [0.2, 0.25) is 0 Å². The molecule has 0 amide bonds. The van der Waals surface area contributed by atoms with E-state index in [2.05, 4.69) is 29.1 Å². The third kappa shape index (κ3) is 1.95. The fraction of sp³-hybridized carbons (Fsp3) is 1.00. The van der Waals surface area contributed by atoms with E-state index in [0.717, 1.165) is 6.04 Å². The van der Waals surface area contributed by atoms with Crippen LogP contribution in [-0.2, 0) is 0 Å². The Kier molecular flexibility index (Phi) is 3.42. The van der Waals surface area contributed by atoms with Crippen LogP contribution in [0.1, 0.15) is 19.8 Å². The average molecular weight is 197 g/mol. The van der Waals surface area contributed by atoms with Gasteiger partial charge in [0.25, 0.3) is 0 Å². The largest absolute Gasteiger partial charge is 0.315 e. The lowest BCUT2D eigenvalue weighted by Gasteiger charge is -2.50. The monoisotopic (exact) mass is 197 g/mol. The first-order valence-electron chi connectivity index (χ1n) is 5.98. The molecule has 14 heavy (non-hydrogen) atoms. The van der Waals surface area contributed by atoms with E-state index < -0.39 is 0 Å². The molecular formula is C11H23N3. The molecule has 1 N–H and O–H groups in total. The van der Waals surface area contributed by atoms with E-state index in [1.807, 2.05) is 0 Å². The van der Waals surface area contributed by atoms with Crippen LogP contribution in [0.4, 0.5) is 0 Å². The lowest BCUT2D eigenvalue weighted by atomic mass is 9.97. The molecule has 2 bridgehead atoms. The van der Waals surface area contributed by atoms with Crippen molar-refractivity contribution in [3.05, 3.63) is 0 Å². The summed E-state index contributed by atoms with van der Waals surface area (Å²) in [7, 11) is 2.11. The van der Waals surface area contributed by atoms with E-state index in [4.69, 9.17) is 0 Å². The molecule has 3 rings (SSSR count). The Hall–Kier alpha value is -0.120. The first kappa shape index (κ1) is 10.4. The van der Waals surface area contributed by atoms with Crippen molar-refractivity contribution in [3.63, 3.8) is 0 Å². The molecule has 0 spiro atoms. The van der Waals surface area contributed by atoms with E-state index >= 15 is 0 Å². The van der Waals surface area contributed by atoms with Crippen LogP contribution in [0, 0.1) is 0 Å². The summed E-state index contributed by atoms with van der Waals surface area (Å²) in [6.45, 7) is 8.71. The van der Waals surface area contributed by atoms with Crippen molar-refractivity contribution in [3.8, 4) is 0 Å². The summed E-state index contributed by atoms with van der Waals surface area (Å²) in [5, 5.41) is 3.49. The molecule has 3 heterocycles. The van der Waals surface area contributed by atoms with Gasteiger partial charge >= 0.3 is 0 Å². The average Bonchev–Trinajstić information content (AvgIpc) is 2.27. The molecule has 2 atom stereocenters. The van der Waals surface area contributed by atoms with Crippen LogP contribution in [0.3, 0.4) is 0 Å². The van der Waals surface area contributed by atoms with Crippen molar-refractivity contribution < 1.29 is 0 Å². The number of likely N-dealkylation sites (N-methyl/N-ethyl adjacent to an activating group) is 1. The Bertz CT molecular complexity index is 175. The quantitative estimate of drug-likeness (QED) is 0.703. The fourth-order valence-corrected chi connectivity index (χ4v) is 2.88. The lowest BCUT2D eigenvalue weighted by Crippen LogP contribution is -2.66. The molecular weight excluding hydrogens is 174 g/mol. The predicted molar refractivity (Wildman–Crippen MR) is 59.6 cm³/mol. The normalized spacial score (nSPS) is 38.6. The number of rotatable bonds is 4. The van der Waals surface area contributed by atoms with Gasteiger partial charge in [0.15, 0.2) is 0 Å². The zero-order valence-corrected chi connectivity index (χ0v) is 9.50. The van der Waals surface area contributed by atoms with Gasteiger partial charge in [0, 0.05) is 44.8 Å². The summed E-state index contributed by atoms with van der Waals surface area (Å²) in [5.74, 6) is 0. The fourth-order valence-electron chi connectivity index (χ4n) is 2.88. The van der Waals surface area contributed by atoms with Crippen molar-refractivity contribution in [2.75, 3.05) is 39.8 Å². The second kappa shape index (κ2) is 4.60. The van der Waals surface area contributed by atoms with Crippen LogP contribution in [0.15, 0.2) is 0 Å². The SMILES string of the molecule is CCCC(NC)C1CN2CCN1CC2. The Morgan fingerprint density at radius 2 is 2.00 bits per heavy atom. The Labute approximate surface area is 87.4 Å². The number of fused-ring (bicyclic) bond motifs is 3. The third-order valence-electron chi connectivity index (χ3n) is 3.76. The minimum atomic E-state index is 0.697. The van der Waals surface area contributed by atoms with E-state index in [-0.39, 0.29) is 0 Å². The first-order valence-corrected chi connectivity index (χ1v) is 5.98. The molecule has 3 aliphatic heterocycles. The predicted octanol–water partition coefficient (Wildman–Crippen LogP) is 0.374. The maximum atomic E-state index is 3.49. The molecule has 2 unspecified atom stereocenters. The molecule has 3 fully saturated rings. The summed E-state index contributed by atoms with van der Waals surface area (Å²) in [6.07, 6.45) is 2.60. The number of hydrogen-bond acceptors (Lipinski definition) is 3. The highest BCUT2D eigenvalue weighted by Gasteiger charge is 2.35. The van der Waals surface area contributed by atoms with Gasteiger partial charge < -0.3 is 5.32 Å². The molecule has 0 aromatic rings. The minimum absolute atomic E-state index is 0.697. The zero-order valence-electron chi connectivity index (χ0n) is 9.50. The molecule has 3 heteroatoms. The molecule has 3 saturated heterocycles. The highest BCUT2D eigenvalue weighted by molar-refractivity contribution is 4.94. The van der Waals surface area contributed by atoms with Gasteiger partial charge in [-0.3, -0.25) is 9.80 Å². The smallest absolute Gasteiger partial charge is 0.0377 e. The van der Waals surface area contributed by atoms with Crippen molar-refractivity contribution in [2.24, 2.45) is 0 Å². The van der Waals surface area contributed by atoms with Crippen LogP contribution in [0.25, 0.3) is 0 Å². The molecule has 0 aliphatic carbocycles. The molecule has 3 nitrogen and oxygen atoms in total. The molecule has 0 aromatic carbocycles. The zero-order chi connectivity index (χ0) is 9.97. The highest BCUT2D eigenvalue weighted by atomic mass is 15.4. The minimum Gasteiger partial charge on any atom is -0.315 e. The van der Waals surface area contributed by atoms with E-state index in [1.165, 1.54) is 45.6 Å². The maximum Gasteiger partial charge on any atom is 0.0377 e. The van der Waals surface area contributed by atoms with Crippen molar-refractivity contribution in [1.82, 2.24) is 15.1 Å². The Balaban J connectivity index is 1.95. The first-order chi connectivity index (χ1) is 6.85. The lowest BCUT2D eigenvalue weighted by molar-refractivity contribution is -0.00341. The molecule has 0 saturated carbocycles. The molecule has 0 radical (unpaired) electrons. The second-order valence-corrected chi connectivity index (χ2v) is 4.59. The molecule has 0 aromatic heterocycles. The van der Waals surface area contributed by atoms with Gasteiger partial charge in [0.05, 0.1) is 0 Å². The van der Waals surface area contributed by atoms with Crippen LogP contribution < -0.4 is 5.32 Å². The van der Waals surface area contributed by atoms with Gasteiger partial charge in [0.2, 0.25) is 0 Å². The highest BCUT2D eigenvalue weighted by Crippen LogP contribution is 2.20. The third-order valence-corrected chi connectivity index (χ3v) is 3.76. The van der Waals surface area contributed by atoms with Crippen LogP contribution in [0.5, 0.6) is 0 Å². The van der Waals surface area contributed by atoms with Gasteiger partial charge in [-0.1, -0.05) is 13.3 Å². The van der Waals surface area contributed by atoms with Crippen molar-refractivity contribution in [1.29, 1.82) is 0 Å². The summed E-state index contributed by atoms with van der Waals surface area (Å²) in [4.78, 5) is 5.29. The van der Waals surface area contributed by atoms with Gasteiger partial charge in [-0.2, -0.15) is 0 Å². The van der Waals surface area contributed by atoms with Crippen LogP contribution in [-0.4, -0.2) is 61.7 Å². The van der Waals surface area contributed by atoms with E-state index in [9.17, 15) is 0 Å². The topological polar surface area (TPSA) is 18.5 Å². The molecule has 82 valence electrons. The van der Waals surface area contributed by atoms with Crippen molar-refractivity contribution in [2.45, 2.75) is 31.8 Å². The number of hydrogen-bond donors (Lipinski definition) is 1. The summed E-state index contributed by atoms with van der Waals surface area (Å²) < 4.78 is 0. The standard InChI is InChI=1S/C11H23N3/c1-3-4-10(12-2)11-9-13-5-7-14(11)8-6-13/h10-12H,3-9H2,1-2H3. The Morgan fingerprint density at radius 3 is 2.43 bits per heavy atom. The summed E-state index contributed by atoms with van der Waals surface area (Å²) in [5.41, 5.74) is 0. The summed E-state index contributed by atoms with van der Waals surface area (Å²) >= 11 is 0. The van der Waals surface area contributed by atoms with Crippen LogP contribution >= 0.6 is 0 Å². The van der Waals surface area contributed by atoms with Crippen molar-refractivity contribution >= 4 is 0 Å². The summed E-state index contributed by atoms with van der Waals surface area (Å²) in [6, 6.07) is 1.46. The van der Waals surface area contributed by atoms with Gasteiger partial charge in [0.1, 0.15) is 0 Å². The van der Waals surface area contributed by atoms with Gasteiger partial charge in [-0.05, 0) is 13.5 Å². The van der Waals surface area contributed by atoms with Gasteiger partial charge in [-0.25, -0.2) is 0 Å². The number of piperazine rings is 3. The Morgan fingerprint density at radius 1 is 1.29 bits per heavy atom. The number of nitrogens with one attached hydrogen (secondary N) is 1. The van der Waals surface area contributed by atoms with E-state index in [0.29, 0.717) is 6.04 Å². The second-order valence-electron chi connectivity index (χ2n) is 4.59. The maximum absolute atomic E-state index is 3.49.